The molecule has 0 unspecified atom stereocenters. The van der Waals surface area contributed by atoms with Crippen molar-refractivity contribution >= 4 is 19.9 Å². The number of allylic oxidation sites excluding steroid dienone is 3. The third kappa shape index (κ3) is 5.39. The van der Waals surface area contributed by atoms with Crippen molar-refractivity contribution in [3.63, 3.8) is 0 Å². The molecule has 4 aliphatic carbocycles. The molecule has 0 radical (unpaired) electrons. The Bertz CT molecular complexity index is 1390. The van der Waals surface area contributed by atoms with E-state index in [-0.39, 0.29) is 27.9 Å². The van der Waals surface area contributed by atoms with Gasteiger partial charge in [0.25, 0.3) is 0 Å². The Balaban J connectivity index is 1.17. The van der Waals surface area contributed by atoms with Crippen LogP contribution < -0.4 is 0 Å². The molecule has 5 heteroatoms. The molecule has 2 fully saturated rings. The molecule has 0 amide bonds. The van der Waals surface area contributed by atoms with Gasteiger partial charge < -0.3 is 9.16 Å². The summed E-state index contributed by atoms with van der Waals surface area (Å²) in [5.74, 6) is 1.86. The van der Waals surface area contributed by atoms with Gasteiger partial charge in [0.15, 0.2) is 14.4 Å². The largest absolute Gasteiger partial charge is 0.460 e. The van der Waals surface area contributed by atoms with Crippen LogP contribution in [0.15, 0.2) is 72.6 Å². The molecule has 1 heterocycles. The van der Waals surface area contributed by atoms with Crippen LogP contribution in [0, 0.1) is 28.6 Å². The van der Waals surface area contributed by atoms with Gasteiger partial charge in [-0.1, -0.05) is 88.7 Å². The second kappa shape index (κ2) is 11.1. The SMILES string of the molecule is CC(C)(C)[Si](C)(C)O[C@H](C(=O)O[C@H]1CC[C@@]2(C)C(=CC[C@@H]3[C@@H]2CC[C@]2(C)C(c4cccnc4)=CC[C@@H]32)C1)c1ccccc1. The predicted octanol–water partition coefficient (Wildman–Crippen LogP) is 9.71. The second-order valence-corrected chi connectivity index (χ2v) is 20.5. The molecule has 1 aromatic carbocycles. The number of hydrogen-bond acceptors (Lipinski definition) is 4. The van der Waals surface area contributed by atoms with E-state index >= 15 is 0 Å². The first kappa shape index (κ1) is 30.5. The van der Waals surface area contributed by atoms with E-state index in [4.69, 9.17) is 9.16 Å². The number of rotatable bonds is 6. The Labute approximate surface area is 260 Å². The summed E-state index contributed by atoms with van der Waals surface area (Å²) >= 11 is 0. The minimum atomic E-state index is -2.20. The molecule has 0 aliphatic heterocycles. The van der Waals surface area contributed by atoms with Crippen molar-refractivity contribution in [1.82, 2.24) is 4.98 Å². The minimum absolute atomic E-state index is 0.0000711. The molecule has 4 nitrogen and oxygen atoms in total. The molecule has 6 rings (SSSR count). The fourth-order valence-corrected chi connectivity index (χ4v) is 10.0. The lowest BCUT2D eigenvalue weighted by Crippen LogP contribution is -2.50. The van der Waals surface area contributed by atoms with E-state index in [1.807, 2.05) is 42.7 Å². The summed E-state index contributed by atoms with van der Waals surface area (Å²) in [7, 11) is -2.20. The third-order valence-electron chi connectivity index (χ3n) is 12.4. The van der Waals surface area contributed by atoms with E-state index in [1.54, 1.807) is 0 Å². The first-order valence-corrected chi connectivity index (χ1v) is 19.5. The molecule has 2 saturated carbocycles. The van der Waals surface area contributed by atoms with Gasteiger partial charge in [-0.2, -0.15) is 0 Å². The van der Waals surface area contributed by atoms with Crippen molar-refractivity contribution in [3.05, 3.63) is 83.7 Å². The quantitative estimate of drug-likeness (QED) is 0.189. The summed E-state index contributed by atoms with van der Waals surface area (Å²) in [6, 6.07) is 14.2. The number of pyridine rings is 1. The first-order valence-electron chi connectivity index (χ1n) is 16.6. The van der Waals surface area contributed by atoms with Gasteiger partial charge in [0.2, 0.25) is 0 Å². The molecular formula is C38H51NO3Si. The Kier molecular flexibility index (Phi) is 7.90. The monoisotopic (exact) mass is 597 g/mol. The zero-order chi connectivity index (χ0) is 30.6. The van der Waals surface area contributed by atoms with Gasteiger partial charge in [0.05, 0.1) is 0 Å². The van der Waals surface area contributed by atoms with Gasteiger partial charge in [-0.05, 0) is 108 Å². The van der Waals surface area contributed by atoms with Crippen LogP contribution in [0.1, 0.15) is 96.8 Å². The molecule has 0 spiro atoms. The van der Waals surface area contributed by atoms with Gasteiger partial charge in [0.1, 0.15) is 6.10 Å². The predicted molar refractivity (Wildman–Crippen MR) is 177 cm³/mol. The summed E-state index contributed by atoms with van der Waals surface area (Å²) in [5.41, 5.74) is 5.67. The molecule has 7 atom stereocenters. The van der Waals surface area contributed by atoms with E-state index < -0.39 is 14.4 Å². The summed E-state index contributed by atoms with van der Waals surface area (Å²) in [6.45, 7) is 16.1. The maximum absolute atomic E-state index is 13.8. The van der Waals surface area contributed by atoms with Crippen LogP contribution in [0.2, 0.25) is 18.1 Å². The highest BCUT2D eigenvalue weighted by atomic mass is 28.4. The van der Waals surface area contributed by atoms with Crippen molar-refractivity contribution in [1.29, 1.82) is 0 Å². The number of fused-ring (bicyclic) bond motifs is 5. The molecule has 230 valence electrons. The van der Waals surface area contributed by atoms with Crippen molar-refractivity contribution in [2.75, 3.05) is 0 Å². The Morgan fingerprint density at radius 3 is 2.40 bits per heavy atom. The summed E-state index contributed by atoms with van der Waals surface area (Å²) in [4.78, 5) is 18.3. The topological polar surface area (TPSA) is 48.4 Å². The lowest BCUT2D eigenvalue weighted by Gasteiger charge is -2.58. The van der Waals surface area contributed by atoms with E-state index in [0.717, 1.165) is 31.2 Å². The lowest BCUT2D eigenvalue weighted by atomic mass is 9.47. The molecule has 4 aliphatic rings. The average molecular weight is 598 g/mol. The van der Waals surface area contributed by atoms with Crippen LogP contribution in [0.25, 0.3) is 5.57 Å². The average Bonchev–Trinajstić information content (AvgIpc) is 3.33. The third-order valence-corrected chi connectivity index (χ3v) is 16.9. The van der Waals surface area contributed by atoms with Gasteiger partial charge in [-0.25, -0.2) is 4.79 Å². The highest BCUT2D eigenvalue weighted by molar-refractivity contribution is 6.74. The van der Waals surface area contributed by atoms with Gasteiger partial charge >= 0.3 is 5.97 Å². The van der Waals surface area contributed by atoms with Gasteiger partial charge in [-0.15, -0.1) is 0 Å². The van der Waals surface area contributed by atoms with Crippen LogP contribution in [0.4, 0.5) is 0 Å². The van der Waals surface area contributed by atoms with Crippen molar-refractivity contribution in [2.45, 2.75) is 110 Å². The molecular weight excluding hydrogens is 547 g/mol. The van der Waals surface area contributed by atoms with Crippen LogP contribution in [0.3, 0.4) is 0 Å². The first-order chi connectivity index (χ1) is 20.3. The smallest absolute Gasteiger partial charge is 0.339 e. The minimum Gasteiger partial charge on any atom is -0.460 e. The zero-order valence-corrected chi connectivity index (χ0v) is 28.4. The molecule has 43 heavy (non-hydrogen) atoms. The number of ether oxygens (including phenoxy) is 1. The van der Waals surface area contributed by atoms with Crippen LogP contribution in [-0.2, 0) is 14.0 Å². The van der Waals surface area contributed by atoms with Crippen LogP contribution >= 0.6 is 0 Å². The number of carbonyl (C=O) groups excluding carboxylic acids is 1. The molecule has 0 bridgehead atoms. The number of nitrogens with zero attached hydrogens (tertiary/aromatic N) is 1. The van der Waals surface area contributed by atoms with Crippen LogP contribution in [0.5, 0.6) is 0 Å². The molecule has 1 aromatic heterocycles. The molecule has 0 N–H and O–H groups in total. The fraction of sp³-hybridized carbons (Fsp3) is 0.579. The van der Waals surface area contributed by atoms with E-state index in [0.29, 0.717) is 17.8 Å². The summed E-state index contributed by atoms with van der Waals surface area (Å²) in [6.07, 6.45) is 15.9. The van der Waals surface area contributed by atoms with E-state index in [9.17, 15) is 4.79 Å². The number of carbonyl (C=O) groups is 1. The van der Waals surface area contributed by atoms with Crippen molar-refractivity contribution in [2.24, 2.45) is 28.6 Å². The summed E-state index contributed by atoms with van der Waals surface area (Å²) in [5, 5.41) is 0.0000711. The molecule has 2 aromatic rings. The fourth-order valence-electron chi connectivity index (χ4n) is 8.84. The van der Waals surface area contributed by atoms with Gasteiger partial charge in [-0.3, -0.25) is 4.98 Å². The van der Waals surface area contributed by atoms with Crippen LogP contribution in [-0.4, -0.2) is 25.4 Å². The second-order valence-electron chi connectivity index (χ2n) is 15.8. The van der Waals surface area contributed by atoms with E-state index in [2.05, 4.69) is 77.0 Å². The van der Waals surface area contributed by atoms with E-state index in [1.165, 1.54) is 36.0 Å². The molecule has 0 saturated heterocycles. The maximum atomic E-state index is 13.8. The number of benzene rings is 1. The highest BCUT2D eigenvalue weighted by Crippen LogP contribution is 2.66. The normalized spacial score (nSPS) is 32.9. The zero-order valence-electron chi connectivity index (χ0n) is 27.4. The lowest BCUT2D eigenvalue weighted by molar-refractivity contribution is -0.160. The summed E-state index contributed by atoms with van der Waals surface area (Å²) < 4.78 is 13.1. The van der Waals surface area contributed by atoms with Crippen molar-refractivity contribution in [3.8, 4) is 0 Å². The Morgan fingerprint density at radius 2 is 1.70 bits per heavy atom. The van der Waals surface area contributed by atoms with Gasteiger partial charge in [0, 0.05) is 18.8 Å². The number of esters is 1. The Hall–Kier alpha value is -2.50. The number of aromatic nitrogens is 1. The Morgan fingerprint density at radius 1 is 0.953 bits per heavy atom. The number of hydrogen-bond donors (Lipinski definition) is 0. The standard InChI is InChI=1S/C38H51NO3Si/c1-36(2,3)43(6,7)42-34(26-12-9-8-10-13-26)35(40)41-29-19-21-37(4)28(24-29)15-16-30-32-18-17-31(27-14-11-23-39-25-27)38(32,5)22-20-33(30)37/h8-15,17,23,25,29-30,32-34H,16,18-22,24H2,1-7H3/t29-,30-,32-,33-,34-,37-,38+/m0/s1. The van der Waals surface area contributed by atoms with Crippen molar-refractivity contribution < 1.29 is 14.0 Å². The maximum Gasteiger partial charge on any atom is 0.339 e. The highest BCUT2D eigenvalue weighted by Gasteiger charge is 2.57.